The Balaban J connectivity index is 1.79. The normalized spacial score (nSPS) is 10.6. The third kappa shape index (κ3) is 3.48. The first-order valence-corrected chi connectivity index (χ1v) is 8.32. The van der Waals surface area contributed by atoms with Crippen molar-refractivity contribution in [3.63, 3.8) is 0 Å². The van der Waals surface area contributed by atoms with Crippen LogP contribution in [0.2, 0.25) is 0 Å². The van der Waals surface area contributed by atoms with Crippen molar-refractivity contribution in [2.45, 2.75) is 20.8 Å². The Morgan fingerprint density at radius 1 is 1.04 bits per heavy atom. The van der Waals surface area contributed by atoms with E-state index in [1.807, 2.05) is 68.6 Å². The summed E-state index contributed by atoms with van der Waals surface area (Å²) in [7, 11) is 0. The van der Waals surface area contributed by atoms with Crippen molar-refractivity contribution in [2.75, 3.05) is 5.32 Å². The van der Waals surface area contributed by atoms with Gasteiger partial charge in [-0.25, -0.2) is 4.98 Å². The van der Waals surface area contributed by atoms with Gasteiger partial charge in [0.1, 0.15) is 0 Å². The molecule has 4 heteroatoms. The molecule has 116 valence electrons. The minimum absolute atomic E-state index is 0.0975. The maximum atomic E-state index is 12.4. The number of aromatic nitrogens is 1. The van der Waals surface area contributed by atoms with Gasteiger partial charge in [-0.05, 0) is 50.1 Å². The number of aryl methyl sites for hydroxylation is 3. The van der Waals surface area contributed by atoms with Crippen LogP contribution in [-0.4, -0.2) is 10.9 Å². The predicted molar refractivity (Wildman–Crippen MR) is 96.2 cm³/mol. The van der Waals surface area contributed by atoms with Gasteiger partial charge in [-0.15, -0.1) is 11.3 Å². The summed E-state index contributed by atoms with van der Waals surface area (Å²) in [6.07, 6.45) is 0. The molecule has 0 radical (unpaired) electrons. The summed E-state index contributed by atoms with van der Waals surface area (Å²) in [5.41, 5.74) is 5.65. The number of hydrogen-bond acceptors (Lipinski definition) is 3. The second-order valence-corrected chi connectivity index (χ2v) is 6.66. The van der Waals surface area contributed by atoms with E-state index >= 15 is 0 Å². The molecule has 0 bridgehead atoms. The molecule has 0 spiro atoms. The monoisotopic (exact) mass is 322 g/mol. The van der Waals surface area contributed by atoms with Gasteiger partial charge in [0.2, 0.25) is 0 Å². The number of carbonyl (C=O) groups is 1. The topological polar surface area (TPSA) is 42.0 Å². The number of carbonyl (C=O) groups excluding carboxylic acids is 1. The van der Waals surface area contributed by atoms with E-state index in [9.17, 15) is 4.79 Å². The highest BCUT2D eigenvalue weighted by atomic mass is 32.1. The third-order valence-electron chi connectivity index (χ3n) is 3.70. The Labute approximate surface area is 140 Å². The Kier molecular flexibility index (Phi) is 4.26. The lowest BCUT2D eigenvalue weighted by Gasteiger charge is -2.09. The molecule has 3 aromatic rings. The molecule has 2 aromatic carbocycles. The van der Waals surface area contributed by atoms with E-state index in [1.165, 1.54) is 0 Å². The highest BCUT2D eigenvalue weighted by Gasteiger charge is 2.09. The number of nitrogens with one attached hydrogen (secondary N) is 1. The average Bonchev–Trinajstić information content (AvgIpc) is 2.97. The first kappa shape index (κ1) is 15.4. The Bertz CT molecular complexity index is 850. The summed E-state index contributed by atoms with van der Waals surface area (Å²) in [4.78, 5) is 16.9. The number of amides is 1. The minimum Gasteiger partial charge on any atom is -0.322 e. The fourth-order valence-electron chi connectivity index (χ4n) is 2.35. The number of anilines is 1. The quantitative estimate of drug-likeness (QED) is 0.738. The van der Waals surface area contributed by atoms with Crippen molar-refractivity contribution in [1.82, 2.24) is 4.98 Å². The van der Waals surface area contributed by atoms with Gasteiger partial charge in [-0.2, -0.15) is 0 Å². The molecule has 1 aromatic heterocycles. The van der Waals surface area contributed by atoms with Crippen molar-refractivity contribution in [3.05, 3.63) is 69.5 Å². The average molecular weight is 322 g/mol. The molecule has 0 aliphatic rings. The van der Waals surface area contributed by atoms with Gasteiger partial charge in [0, 0.05) is 22.2 Å². The Morgan fingerprint density at radius 3 is 2.43 bits per heavy atom. The molecule has 1 heterocycles. The molecule has 3 nitrogen and oxygen atoms in total. The van der Waals surface area contributed by atoms with Gasteiger partial charge < -0.3 is 5.32 Å². The van der Waals surface area contributed by atoms with E-state index in [1.54, 1.807) is 11.3 Å². The van der Waals surface area contributed by atoms with E-state index in [0.29, 0.717) is 5.56 Å². The summed E-state index contributed by atoms with van der Waals surface area (Å²) in [5.74, 6) is -0.0975. The largest absolute Gasteiger partial charge is 0.322 e. The summed E-state index contributed by atoms with van der Waals surface area (Å²) in [5, 5.41) is 6.05. The fraction of sp³-hybridized carbons (Fsp3) is 0.158. The van der Waals surface area contributed by atoms with E-state index in [4.69, 9.17) is 0 Å². The van der Waals surface area contributed by atoms with Gasteiger partial charge in [-0.1, -0.05) is 24.3 Å². The van der Waals surface area contributed by atoms with E-state index < -0.39 is 0 Å². The van der Waals surface area contributed by atoms with Crippen LogP contribution < -0.4 is 5.32 Å². The molecule has 1 amide bonds. The standard InChI is InChI=1S/C19H18N2OS/c1-12-4-5-13(2)17(10-12)21-19(22)16-8-6-15(7-9-16)18-11-23-14(3)20-18/h4-11H,1-3H3,(H,21,22). The smallest absolute Gasteiger partial charge is 0.255 e. The van der Waals surface area contributed by atoms with Crippen LogP contribution in [0, 0.1) is 20.8 Å². The number of hydrogen-bond donors (Lipinski definition) is 1. The molecule has 0 unspecified atom stereocenters. The second kappa shape index (κ2) is 6.34. The molecule has 0 saturated heterocycles. The van der Waals surface area contributed by atoms with Crippen LogP contribution in [0.15, 0.2) is 47.8 Å². The number of nitrogens with zero attached hydrogens (tertiary/aromatic N) is 1. The van der Waals surface area contributed by atoms with Gasteiger partial charge >= 0.3 is 0 Å². The molecule has 0 aliphatic carbocycles. The highest BCUT2D eigenvalue weighted by Crippen LogP contribution is 2.22. The number of rotatable bonds is 3. The van der Waals surface area contributed by atoms with Gasteiger partial charge in [-0.3, -0.25) is 4.79 Å². The molecule has 0 saturated carbocycles. The van der Waals surface area contributed by atoms with Gasteiger partial charge in [0.05, 0.1) is 10.7 Å². The van der Waals surface area contributed by atoms with Crippen LogP contribution in [0.5, 0.6) is 0 Å². The number of thiazole rings is 1. The molecule has 3 rings (SSSR count). The second-order valence-electron chi connectivity index (χ2n) is 5.60. The van der Waals surface area contributed by atoms with Crippen LogP contribution in [-0.2, 0) is 0 Å². The van der Waals surface area contributed by atoms with Crippen molar-refractivity contribution in [3.8, 4) is 11.3 Å². The molecular formula is C19H18N2OS. The van der Waals surface area contributed by atoms with Crippen molar-refractivity contribution in [1.29, 1.82) is 0 Å². The summed E-state index contributed by atoms with van der Waals surface area (Å²) in [6.45, 7) is 5.99. The zero-order valence-electron chi connectivity index (χ0n) is 13.4. The van der Waals surface area contributed by atoms with E-state index in [0.717, 1.165) is 33.1 Å². The molecule has 0 atom stereocenters. The fourth-order valence-corrected chi connectivity index (χ4v) is 2.98. The maximum Gasteiger partial charge on any atom is 0.255 e. The minimum atomic E-state index is -0.0975. The Morgan fingerprint density at radius 2 is 1.78 bits per heavy atom. The zero-order chi connectivity index (χ0) is 16.4. The third-order valence-corrected chi connectivity index (χ3v) is 4.48. The lowest BCUT2D eigenvalue weighted by Crippen LogP contribution is -2.12. The van der Waals surface area contributed by atoms with Crippen molar-refractivity contribution < 1.29 is 4.79 Å². The first-order valence-electron chi connectivity index (χ1n) is 7.44. The van der Waals surface area contributed by atoms with Crippen LogP contribution >= 0.6 is 11.3 Å². The van der Waals surface area contributed by atoms with Crippen LogP contribution in [0.4, 0.5) is 5.69 Å². The summed E-state index contributed by atoms with van der Waals surface area (Å²) in [6, 6.07) is 13.6. The summed E-state index contributed by atoms with van der Waals surface area (Å²) >= 11 is 1.62. The van der Waals surface area contributed by atoms with E-state index in [-0.39, 0.29) is 5.91 Å². The van der Waals surface area contributed by atoms with E-state index in [2.05, 4.69) is 10.3 Å². The summed E-state index contributed by atoms with van der Waals surface area (Å²) < 4.78 is 0. The molecule has 1 N–H and O–H groups in total. The maximum absolute atomic E-state index is 12.4. The first-order chi connectivity index (χ1) is 11.0. The van der Waals surface area contributed by atoms with Crippen LogP contribution in [0.1, 0.15) is 26.5 Å². The Hall–Kier alpha value is -2.46. The van der Waals surface area contributed by atoms with Crippen LogP contribution in [0.25, 0.3) is 11.3 Å². The molecule has 0 fully saturated rings. The van der Waals surface area contributed by atoms with Crippen molar-refractivity contribution in [2.24, 2.45) is 0 Å². The van der Waals surface area contributed by atoms with Gasteiger partial charge in [0.25, 0.3) is 5.91 Å². The highest BCUT2D eigenvalue weighted by molar-refractivity contribution is 7.09. The van der Waals surface area contributed by atoms with Crippen LogP contribution in [0.3, 0.4) is 0 Å². The number of benzene rings is 2. The SMILES string of the molecule is Cc1ccc(C)c(NC(=O)c2ccc(-c3csc(C)n3)cc2)c1. The van der Waals surface area contributed by atoms with Crippen molar-refractivity contribution >= 4 is 22.9 Å². The lowest BCUT2D eigenvalue weighted by molar-refractivity contribution is 0.102. The lowest BCUT2D eigenvalue weighted by atomic mass is 10.1. The molecule has 23 heavy (non-hydrogen) atoms. The zero-order valence-corrected chi connectivity index (χ0v) is 14.2. The predicted octanol–water partition coefficient (Wildman–Crippen LogP) is 4.99. The molecular weight excluding hydrogens is 304 g/mol. The van der Waals surface area contributed by atoms with Gasteiger partial charge in [0.15, 0.2) is 0 Å². The molecule has 0 aliphatic heterocycles.